The summed E-state index contributed by atoms with van der Waals surface area (Å²) >= 11 is 0. The van der Waals surface area contributed by atoms with Gasteiger partial charge < -0.3 is 10.1 Å². The Bertz CT molecular complexity index is 526. The van der Waals surface area contributed by atoms with E-state index in [0.717, 1.165) is 37.8 Å². The number of carbonyl (C=O) groups is 2. The fourth-order valence-electron chi connectivity index (χ4n) is 3.08. The molecule has 1 aliphatic carbocycles. The highest BCUT2D eigenvalue weighted by atomic mass is 16.5. The second-order valence-corrected chi connectivity index (χ2v) is 5.55. The number of hydrogen-bond acceptors (Lipinski definition) is 3. The van der Waals surface area contributed by atoms with Crippen molar-refractivity contribution in [3.8, 4) is 0 Å². The molecule has 3 rings (SSSR count). The maximum absolute atomic E-state index is 12.2. The predicted molar refractivity (Wildman–Crippen MR) is 74.2 cm³/mol. The number of amides is 1. The van der Waals surface area contributed by atoms with E-state index in [1.807, 2.05) is 18.2 Å². The van der Waals surface area contributed by atoms with E-state index in [9.17, 15) is 9.59 Å². The van der Waals surface area contributed by atoms with Crippen molar-refractivity contribution in [3.05, 3.63) is 35.4 Å². The molecule has 0 spiro atoms. The van der Waals surface area contributed by atoms with E-state index in [1.54, 1.807) is 0 Å². The van der Waals surface area contributed by atoms with Gasteiger partial charge in [0.05, 0.1) is 11.8 Å². The van der Waals surface area contributed by atoms with Crippen LogP contribution in [0.3, 0.4) is 0 Å². The van der Waals surface area contributed by atoms with Crippen molar-refractivity contribution < 1.29 is 14.3 Å². The number of hydrogen-bond donors (Lipinski definition) is 1. The molecular formula is C16H19NO3. The molecule has 1 unspecified atom stereocenters. The summed E-state index contributed by atoms with van der Waals surface area (Å²) in [4.78, 5) is 23.8. The van der Waals surface area contributed by atoms with Crippen molar-refractivity contribution in [2.45, 2.75) is 31.6 Å². The van der Waals surface area contributed by atoms with Gasteiger partial charge in [-0.05, 0) is 36.8 Å². The predicted octanol–water partition coefficient (Wildman–Crippen LogP) is 1.79. The van der Waals surface area contributed by atoms with E-state index >= 15 is 0 Å². The zero-order valence-electron chi connectivity index (χ0n) is 11.4. The lowest BCUT2D eigenvalue weighted by Gasteiger charge is -2.22. The second-order valence-electron chi connectivity index (χ2n) is 5.55. The molecule has 1 aliphatic heterocycles. The Balaban J connectivity index is 1.59. The van der Waals surface area contributed by atoms with E-state index < -0.39 is 0 Å². The fourth-order valence-corrected chi connectivity index (χ4v) is 3.08. The van der Waals surface area contributed by atoms with Crippen LogP contribution in [-0.4, -0.2) is 25.0 Å². The van der Waals surface area contributed by atoms with Gasteiger partial charge in [-0.2, -0.15) is 0 Å². The van der Waals surface area contributed by atoms with Crippen LogP contribution in [0.4, 0.5) is 0 Å². The van der Waals surface area contributed by atoms with E-state index in [4.69, 9.17) is 4.74 Å². The number of piperidine rings is 1. The third kappa shape index (κ3) is 2.55. The van der Waals surface area contributed by atoms with Crippen LogP contribution in [0.1, 0.15) is 36.3 Å². The Morgan fingerprint density at radius 3 is 3.00 bits per heavy atom. The molecule has 1 aromatic carbocycles. The quantitative estimate of drug-likeness (QED) is 0.854. The molecule has 1 fully saturated rings. The highest BCUT2D eigenvalue weighted by Gasteiger charge is 2.31. The molecule has 106 valence electrons. The highest BCUT2D eigenvalue weighted by molar-refractivity contribution is 5.82. The van der Waals surface area contributed by atoms with Crippen LogP contribution in [-0.2, 0) is 20.7 Å². The molecule has 1 heterocycles. The summed E-state index contributed by atoms with van der Waals surface area (Å²) in [6.07, 6.45) is 3.51. The topological polar surface area (TPSA) is 55.4 Å². The maximum Gasteiger partial charge on any atom is 0.313 e. The molecule has 2 aliphatic rings. The van der Waals surface area contributed by atoms with Crippen LogP contribution in [0, 0.1) is 5.92 Å². The van der Waals surface area contributed by atoms with Crippen LogP contribution < -0.4 is 5.32 Å². The van der Waals surface area contributed by atoms with Crippen molar-refractivity contribution in [1.82, 2.24) is 5.32 Å². The first-order valence-electron chi connectivity index (χ1n) is 7.28. The Hall–Kier alpha value is -1.84. The molecule has 0 radical (unpaired) electrons. The number of fused-ring (bicyclic) bond motifs is 1. The Kier molecular flexibility index (Phi) is 3.72. The zero-order valence-corrected chi connectivity index (χ0v) is 11.4. The van der Waals surface area contributed by atoms with E-state index in [0.29, 0.717) is 0 Å². The van der Waals surface area contributed by atoms with Crippen LogP contribution >= 0.6 is 0 Å². The minimum atomic E-state index is -0.187. The first kappa shape index (κ1) is 13.2. The molecule has 1 amide bonds. The smallest absolute Gasteiger partial charge is 0.313 e. The van der Waals surface area contributed by atoms with Gasteiger partial charge in [0.25, 0.3) is 0 Å². The average molecular weight is 273 g/mol. The van der Waals surface area contributed by atoms with Gasteiger partial charge in [-0.1, -0.05) is 24.3 Å². The first-order valence-corrected chi connectivity index (χ1v) is 7.28. The summed E-state index contributed by atoms with van der Waals surface area (Å²) in [5.41, 5.74) is 2.33. The summed E-state index contributed by atoms with van der Waals surface area (Å²) in [5.74, 6) is -0.508. The van der Waals surface area contributed by atoms with Gasteiger partial charge in [0, 0.05) is 6.54 Å². The van der Waals surface area contributed by atoms with Crippen molar-refractivity contribution in [3.63, 3.8) is 0 Å². The normalized spacial score (nSPS) is 24.9. The van der Waals surface area contributed by atoms with Gasteiger partial charge in [0.15, 0.2) is 0 Å². The van der Waals surface area contributed by atoms with Crippen molar-refractivity contribution in [1.29, 1.82) is 0 Å². The first-order chi connectivity index (χ1) is 9.75. The summed E-state index contributed by atoms with van der Waals surface area (Å²) in [7, 11) is 0. The fraction of sp³-hybridized carbons (Fsp3) is 0.500. The van der Waals surface area contributed by atoms with Crippen LogP contribution in [0.25, 0.3) is 0 Å². The lowest BCUT2D eigenvalue weighted by molar-refractivity contribution is -0.148. The summed E-state index contributed by atoms with van der Waals surface area (Å²) in [5, 5.41) is 2.81. The SMILES string of the molecule is O=C1NCCCC1COC(=O)[C@@H]1CCc2ccccc21. The van der Waals surface area contributed by atoms with E-state index in [2.05, 4.69) is 11.4 Å². The molecule has 1 aromatic rings. The van der Waals surface area contributed by atoms with Crippen LogP contribution in [0.2, 0.25) is 0 Å². The number of rotatable bonds is 3. The molecule has 0 bridgehead atoms. The molecule has 2 atom stereocenters. The number of carbonyl (C=O) groups excluding carboxylic acids is 2. The Labute approximate surface area is 118 Å². The standard InChI is InChI=1S/C16H19NO3/c18-15-12(5-3-9-17-15)10-20-16(19)14-8-7-11-4-1-2-6-13(11)14/h1-2,4,6,12,14H,3,5,7-10H2,(H,17,18)/t12?,14-/m1/s1. The van der Waals surface area contributed by atoms with Crippen molar-refractivity contribution in [2.24, 2.45) is 5.92 Å². The van der Waals surface area contributed by atoms with Gasteiger partial charge in [-0.15, -0.1) is 0 Å². The van der Waals surface area contributed by atoms with Gasteiger partial charge in [-0.3, -0.25) is 9.59 Å². The number of nitrogens with one attached hydrogen (secondary N) is 1. The lowest BCUT2D eigenvalue weighted by atomic mass is 9.99. The Morgan fingerprint density at radius 2 is 2.15 bits per heavy atom. The van der Waals surface area contributed by atoms with Crippen molar-refractivity contribution >= 4 is 11.9 Å². The van der Waals surface area contributed by atoms with Gasteiger partial charge >= 0.3 is 5.97 Å². The molecule has 4 nitrogen and oxygen atoms in total. The number of ether oxygens (including phenoxy) is 1. The maximum atomic E-state index is 12.2. The number of aryl methyl sites for hydroxylation is 1. The number of benzene rings is 1. The van der Waals surface area contributed by atoms with Crippen molar-refractivity contribution in [2.75, 3.05) is 13.2 Å². The van der Waals surface area contributed by atoms with E-state index in [1.165, 1.54) is 5.56 Å². The third-order valence-corrected chi connectivity index (χ3v) is 4.24. The lowest BCUT2D eigenvalue weighted by Crippen LogP contribution is -2.39. The molecule has 0 saturated carbocycles. The van der Waals surface area contributed by atoms with E-state index in [-0.39, 0.29) is 30.3 Å². The molecule has 4 heteroatoms. The molecule has 1 saturated heterocycles. The second kappa shape index (κ2) is 5.65. The van der Waals surface area contributed by atoms with Crippen LogP contribution in [0.15, 0.2) is 24.3 Å². The monoisotopic (exact) mass is 273 g/mol. The van der Waals surface area contributed by atoms with Gasteiger partial charge in [0.1, 0.15) is 6.61 Å². The van der Waals surface area contributed by atoms with Gasteiger partial charge in [-0.25, -0.2) is 0 Å². The average Bonchev–Trinajstić information content (AvgIpc) is 2.90. The summed E-state index contributed by atoms with van der Waals surface area (Å²) in [6.45, 7) is 0.947. The van der Waals surface area contributed by atoms with Gasteiger partial charge in [0.2, 0.25) is 5.91 Å². The minimum Gasteiger partial charge on any atom is -0.464 e. The van der Waals surface area contributed by atoms with Crippen LogP contribution in [0.5, 0.6) is 0 Å². The highest BCUT2D eigenvalue weighted by Crippen LogP contribution is 2.33. The Morgan fingerprint density at radius 1 is 1.30 bits per heavy atom. The number of esters is 1. The molecule has 20 heavy (non-hydrogen) atoms. The largest absolute Gasteiger partial charge is 0.464 e. The minimum absolute atomic E-state index is 0.0101. The summed E-state index contributed by atoms with van der Waals surface area (Å²) < 4.78 is 5.39. The third-order valence-electron chi connectivity index (χ3n) is 4.24. The molecule has 1 N–H and O–H groups in total. The summed E-state index contributed by atoms with van der Waals surface area (Å²) in [6, 6.07) is 8.02. The molecular weight excluding hydrogens is 254 g/mol. The zero-order chi connectivity index (χ0) is 13.9. The molecule has 0 aromatic heterocycles.